The largest absolute Gasteiger partial charge is 0.341 e. The van der Waals surface area contributed by atoms with E-state index in [1.165, 1.54) is 6.42 Å². The van der Waals surface area contributed by atoms with E-state index < -0.39 is 0 Å². The number of piperazine rings is 1. The molecule has 2 saturated heterocycles. The molecule has 0 spiro atoms. The quantitative estimate of drug-likeness (QED) is 0.855. The first kappa shape index (κ1) is 15.8. The SMILES string of the molecule is CCC1(C)CCN(C(=O)C(C)(C)N2CCNCC2)CC1. The minimum atomic E-state index is -0.359. The van der Waals surface area contributed by atoms with Gasteiger partial charge in [-0.3, -0.25) is 9.69 Å². The number of piperidine rings is 1. The fraction of sp³-hybridized carbons (Fsp3) is 0.938. The maximum atomic E-state index is 12.9. The van der Waals surface area contributed by atoms with Gasteiger partial charge in [-0.1, -0.05) is 20.3 Å². The van der Waals surface area contributed by atoms with Gasteiger partial charge in [-0.15, -0.1) is 0 Å². The molecule has 0 bridgehead atoms. The van der Waals surface area contributed by atoms with Crippen molar-refractivity contribution in [2.45, 2.75) is 52.5 Å². The number of hydrogen-bond donors (Lipinski definition) is 1. The minimum absolute atomic E-state index is 0.317. The van der Waals surface area contributed by atoms with Crippen molar-refractivity contribution in [3.63, 3.8) is 0 Å². The Morgan fingerprint density at radius 1 is 1.15 bits per heavy atom. The fourth-order valence-electron chi connectivity index (χ4n) is 3.35. The van der Waals surface area contributed by atoms with Gasteiger partial charge in [0.15, 0.2) is 0 Å². The van der Waals surface area contributed by atoms with Crippen LogP contribution in [-0.2, 0) is 4.79 Å². The summed E-state index contributed by atoms with van der Waals surface area (Å²) < 4.78 is 0. The van der Waals surface area contributed by atoms with Crippen molar-refractivity contribution in [3.8, 4) is 0 Å². The van der Waals surface area contributed by atoms with Crippen molar-refractivity contribution in [1.29, 1.82) is 0 Å². The highest BCUT2D eigenvalue weighted by Gasteiger charge is 2.40. The van der Waals surface area contributed by atoms with Crippen LogP contribution >= 0.6 is 0 Å². The third kappa shape index (κ3) is 3.17. The zero-order chi connectivity index (χ0) is 14.8. The van der Waals surface area contributed by atoms with Crippen LogP contribution in [0.25, 0.3) is 0 Å². The van der Waals surface area contributed by atoms with Crippen LogP contribution in [0.1, 0.15) is 47.0 Å². The van der Waals surface area contributed by atoms with Crippen LogP contribution in [0, 0.1) is 5.41 Å². The van der Waals surface area contributed by atoms with Gasteiger partial charge in [0.05, 0.1) is 5.54 Å². The molecule has 2 rings (SSSR count). The Morgan fingerprint density at radius 2 is 1.70 bits per heavy atom. The van der Waals surface area contributed by atoms with Crippen molar-refractivity contribution in [1.82, 2.24) is 15.1 Å². The summed E-state index contributed by atoms with van der Waals surface area (Å²) in [6, 6.07) is 0. The molecule has 0 aromatic heterocycles. The summed E-state index contributed by atoms with van der Waals surface area (Å²) in [5.74, 6) is 0.317. The molecule has 2 heterocycles. The first-order valence-corrected chi connectivity index (χ1v) is 8.14. The van der Waals surface area contributed by atoms with Crippen LogP contribution in [0.4, 0.5) is 0 Å². The van der Waals surface area contributed by atoms with Crippen molar-refractivity contribution in [2.24, 2.45) is 5.41 Å². The molecule has 0 saturated carbocycles. The first-order chi connectivity index (χ1) is 9.39. The molecule has 0 unspecified atom stereocenters. The van der Waals surface area contributed by atoms with E-state index in [0.29, 0.717) is 11.3 Å². The smallest absolute Gasteiger partial charge is 0.242 e. The molecule has 0 atom stereocenters. The number of likely N-dealkylation sites (tertiary alicyclic amines) is 1. The number of nitrogens with zero attached hydrogens (tertiary/aromatic N) is 2. The molecule has 2 fully saturated rings. The number of amides is 1. The van der Waals surface area contributed by atoms with Crippen LogP contribution in [0.5, 0.6) is 0 Å². The Kier molecular flexibility index (Phi) is 4.75. The molecular formula is C16H31N3O. The maximum absolute atomic E-state index is 12.9. The summed E-state index contributed by atoms with van der Waals surface area (Å²) in [7, 11) is 0. The highest BCUT2D eigenvalue weighted by Crippen LogP contribution is 2.35. The molecule has 1 N–H and O–H groups in total. The van der Waals surface area contributed by atoms with Crippen molar-refractivity contribution in [3.05, 3.63) is 0 Å². The fourth-order valence-corrected chi connectivity index (χ4v) is 3.35. The summed E-state index contributed by atoms with van der Waals surface area (Å²) in [5.41, 5.74) is 0.0814. The van der Waals surface area contributed by atoms with E-state index in [9.17, 15) is 4.79 Å². The maximum Gasteiger partial charge on any atom is 0.242 e. The van der Waals surface area contributed by atoms with Gasteiger partial charge in [-0.2, -0.15) is 0 Å². The average Bonchev–Trinajstić information content (AvgIpc) is 2.48. The van der Waals surface area contributed by atoms with Crippen molar-refractivity contribution in [2.75, 3.05) is 39.3 Å². The van der Waals surface area contributed by atoms with E-state index in [4.69, 9.17) is 0 Å². The van der Waals surface area contributed by atoms with E-state index in [-0.39, 0.29) is 5.54 Å². The van der Waals surface area contributed by atoms with E-state index in [0.717, 1.165) is 52.1 Å². The molecule has 1 amide bonds. The number of nitrogens with one attached hydrogen (secondary N) is 1. The first-order valence-electron chi connectivity index (χ1n) is 8.14. The summed E-state index contributed by atoms with van der Waals surface area (Å²) >= 11 is 0. The molecule has 4 nitrogen and oxygen atoms in total. The Hall–Kier alpha value is -0.610. The lowest BCUT2D eigenvalue weighted by Crippen LogP contribution is -2.61. The lowest BCUT2D eigenvalue weighted by Gasteiger charge is -2.45. The normalized spacial score (nSPS) is 24.7. The van der Waals surface area contributed by atoms with Gasteiger partial charge >= 0.3 is 0 Å². The van der Waals surface area contributed by atoms with E-state index in [1.54, 1.807) is 0 Å². The van der Waals surface area contributed by atoms with Crippen LogP contribution in [-0.4, -0.2) is 60.5 Å². The van der Waals surface area contributed by atoms with E-state index in [1.807, 2.05) is 0 Å². The number of rotatable bonds is 3. The van der Waals surface area contributed by atoms with Gasteiger partial charge < -0.3 is 10.2 Å². The van der Waals surface area contributed by atoms with Crippen LogP contribution < -0.4 is 5.32 Å². The molecule has 116 valence electrons. The predicted molar refractivity (Wildman–Crippen MR) is 82.7 cm³/mol. The second-order valence-electron chi connectivity index (χ2n) is 7.25. The highest BCUT2D eigenvalue weighted by molar-refractivity contribution is 5.85. The van der Waals surface area contributed by atoms with E-state index >= 15 is 0 Å². The standard InChI is InChI=1S/C16H31N3O/c1-5-16(4)6-10-18(11-7-16)14(20)15(2,3)19-12-8-17-9-13-19/h17H,5-13H2,1-4H3. The molecular weight excluding hydrogens is 250 g/mol. The van der Waals surface area contributed by atoms with Gasteiger partial charge in [0.2, 0.25) is 5.91 Å². The molecule has 4 heteroatoms. The molecule has 2 aliphatic heterocycles. The monoisotopic (exact) mass is 281 g/mol. The number of carbonyl (C=O) groups excluding carboxylic acids is 1. The molecule has 0 aromatic rings. The lowest BCUT2D eigenvalue weighted by molar-refractivity contribution is -0.145. The van der Waals surface area contributed by atoms with Crippen LogP contribution in [0.3, 0.4) is 0 Å². The second kappa shape index (κ2) is 6.02. The molecule has 2 aliphatic rings. The Bertz CT molecular complexity index is 340. The molecule has 0 radical (unpaired) electrons. The molecule has 0 aromatic carbocycles. The Balaban J connectivity index is 1.96. The minimum Gasteiger partial charge on any atom is -0.341 e. The van der Waals surface area contributed by atoms with Gasteiger partial charge in [0, 0.05) is 39.3 Å². The summed E-state index contributed by atoms with van der Waals surface area (Å²) in [4.78, 5) is 17.3. The number of carbonyl (C=O) groups is 1. The van der Waals surface area contributed by atoms with Gasteiger partial charge in [0.25, 0.3) is 0 Å². The van der Waals surface area contributed by atoms with Crippen LogP contribution in [0.15, 0.2) is 0 Å². The van der Waals surface area contributed by atoms with Crippen molar-refractivity contribution >= 4 is 5.91 Å². The average molecular weight is 281 g/mol. The zero-order valence-corrected chi connectivity index (χ0v) is 13.7. The predicted octanol–water partition coefficient (Wildman–Crippen LogP) is 1.71. The van der Waals surface area contributed by atoms with Gasteiger partial charge in [0.1, 0.15) is 0 Å². The van der Waals surface area contributed by atoms with E-state index in [2.05, 4.69) is 42.8 Å². The summed E-state index contributed by atoms with van der Waals surface area (Å²) in [5, 5.41) is 3.36. The summed E-state index contributed by atoms with van der Waals surface area (Å²) in [6.45, 7) is 14.6. The van der Waals surface area contributed by atoms with Gasteiger partial charge in [-0.05, 0) is 32.1 Å². The van der Waals surface area contributed by atoms with Gasteiger partial charge in [-0.25, -0.2) is 0 Å². The van der Waals surface area contributed by atoms with Crippen molar-refractivity contribution < 1.29 is 4.79 Å². The Morgan fingerprint density at radius 3 is 2.20 bits per heavy atom. The molecule has 20 heavy (non-hydrogen) atoms. The third-order valence-corrected chi connectivity index (χ3v) is 5.54. The number of hydrogen-bond acceptors (Lipinski definition) is 3. The molecule has 0 aliphatic carbocycles. The third-order valence-electron chi connectivity index (χ3n) is 5.54. The Labute approximate surface area is 123 Å². The highest BCUT2D eigenvalue weighted by atomic mass is 16.2. The van der Waals surface area contributed by atoms with Crippen LogP contribution in [0.2, 0.25) is 0 Å². The summed E-state index contributed by atoms with van der Waals surface area (Å²) in [6.07, 6.45) is 3.51. The zero-order valence-electron chi connectivity index (χ0n) is 13.7. The topological polar surface area (TPSA) is 35.6 Å². The lowest BCUT2D eigenvalue weighted by atomic mass is 9.78. The second-order valence-corrected chi connectivity index (χ2v) is 7.25.